The maximum absolute atomic E-state index is 13.4. The number of hydrogen-bond acceptors (Lipinski definition) is 5. The first-order valence-corrected chi connectivity index (χ1v) is 7.14. The van der Waals surface area contributed by atoms with Gasteiger partial charge in [0.2, 0.25) is 0 Å². The number of likely N-dealkylation sites (N-methyl/N-ethyl adjacent to an activating group) is 1. The van der Waals surface area contributed by atoms with Crippen LogP contribution < -0.4 is 5.32 Å². The molecule has 1 fully saturated rings. The van der Waals surface area contributed by atoms with Crippen molar-refractivity contribution < 1.29 is 8.91 Å². The van der Waals surface area contributed by atoms with Crippen molar-refractivity contribution >= 4 is 15.9 Å². The van der Waals surface area contributed by atoms with Crippen LogP contribution in [0.5, 0.6) is 0 Å². The van der Waals surface area contributed by atoms with Crippen LogP contribution in [0, 0.1) is 5.82 Å². The normalized spacial score (nSPS) is 20.2. The second-order valence-electron chi connectivity index (χ2n) is 4.82. The number of halogens is 2. The Kier molecular flexibility index (Phi) is 3.82. The van der Waals surface area contributed by atoms with E-state index >= 15 is 0 Å². The van der Waals surface area contributed by atoms with Crippen molar-refractivity contribution in [1.82, 2.24) is 20.4 Å². The minimum Gasteiger partial charge on any atom is -0.334 e. The summed E-state index contributed by atoms with van der Waals surface area (Å²) >= 11 is 3.26. The highest BCUT2D eigenvalue weighted by molar-refractivity contribution is 9.10. The van der Waals surface area contributed by atoms with Gasteiger partial charge in [0.05, 0.1) is 6.04 Å². The lowest BCUT2D eigenvalue weighted by Gasteiger charge is -2.30. The van der Waals surface area contributed by atoms with E-state index in [1.54, 1.807) is 6.07 Å². The predicted molar refractivity (Wildman–Crippen MR) is 75.6 cm³/mol. The van der Waals surface area contributed by atoms with Crippen LogP contribution in [0.4, 0.5) is 4.39 Å². The Morgan fingerprint density at radius 3 is 3.05 bits per heavy atom. The topological polar surface area (TPSA) is 54.2 Å². The smallest absolute Gasteiger partial charge is 0.258 e. The van der Waals surface area contributed by atoms with E-state index in [1.807, 2.05) is 7.05 Å². The summed E-state index contributed by atoms with van der Waals surface area (Å²) in [6.07, 6.45) is 0. The van der Waals surface area contributed by atoms with Crippen molar-refractivity contribution in [1.29, 1.82) is 0 Å². The largest absolute Gasteiger partial charge is 0.334 e. The van der Waals surface area contributed by atoms with Gasteiger partial charge in [-0.15, -0.1) is 0 Å². The zero-order chi connectivity index (χ0) is 14.1. The van der Waals surface area contributed by atoms with E-state index in [-0.39, 0.29) is 11.9 Å². The van der Waals surface area contributed by atoms with Gasteiger partial charge < -0.3 is 9.84 Å². The van der Waals surface area contributed by atoms with Crippen molar-refractivity contribution in [2.45, 2.75) is 6.04 Å². The summed E-state index contributed by atoms with van der Waals surface area (Å²) in [6.45, 7) is 2.66. The fourth-order valence-electron chi connectivity index (χ4n) is 2.26. The lowest BCUT2D eigenvalue weighted by molar-refractivity contribution is 0.190. The minimum atomic E-state index is -0.342. The second-order valence-corrected chi connectivity index (χ2v) is 5.73. The molecule has 0 radical (unpaired) electrons. The van der Waals surface area contributed by atoms with Crippen molar-refractivity contribution in [2.24, 2.45) is 0 Å². The first-order valence-electron chi connectivity index (χ1n) is 6.34. The van der Waals surface area contributed by atoms with Gasteiger partial charge in [-0.3, -0.25) is 4.90 Å². The summed E-state index contributed by atoms with van der Waals surface area (Å²) < 4.78 is 19.3. The van der Waals surface area contributed by atoms with Crippen LogP contribution in [0.15, 0.2) is 27.2 Å². The molecule has 0 bridgehead atoms. The lowest BCUT2D eigenvalue weighted by Crippen LogP contribution is -2.44. The van der Waals surface area contributed by atoms with Crippen molar-refractivity contribution in [3.05, 3.63) is 34.3 Å². The SMILES string of the molecule is CN1CCNCC1c1noc(-c2cc(F)cc(Br)c2)n1. The number of benzene rings is 1. The first kappa shape index (κ1) is 13.7. The Morgan fingerprint density at radius 2 is 2.30 bits per heavy atom. The van der Waals surface area contributed by atoms with Gasteiger partial charge in [0, 0.05) is 29.7 Å². The molecule has 106 valence electrons. The molecule has 5 nitrogen and oxygen atoms in total. The van der Waals surface area contributed by atoms with Gasteiger partial charge in [-0.2, -0.15) is 4.98 Å². The second kappa shape index (κ2) is 5.59. The number of piperazine rings is 1. The van der Waals surface area contributed by atoms with E-state index in [2.05, 4.69) is 36.3 Å². The minimum absolute atomic E-state index is 0.0817. The van der Waals surface area contributed by atoms with Crippen LogP contribution in [0.25, 0.3) is 11.5 Å². The van der Waals surface area contributed by atoms with Gasteiger partial charge in [0.15, 0.2) is 5.82 Å². The molecule has 20 heavy (non-hydrogen) atoms. The van der Waals surface area contributed by atoms with Crippen LogP contribution in [0.3, 0.4) is 0 Å². The van der Waals surface area contributed by atoms with Gasteiger partial charge in [-0.1, -0.05) is 21.1 Å². The van der Waals surface area contributed by atoms with Gasteiger partial charge in [0.25, 0.3) is 5.89 Å². The fraction of sp³-hybridized carbons (Fsp3) is 0.385. The monoisotopic (exact) mass is 340 g/mol. The molecule has 1 N–H and O–H groups in total. The molecular formula is C13H14BrFN4O. The van der Waals surface area contributed by atoms with E-state index in [0.29, 0.717) is 21.8 Å². The summed E-state index contributed by atoms with van der Waals surface area (Å²) in [7, 11) is 2.03. The van der Waals surface area contributed by atoms with E-state index < -0.39 is 0 Å². The average Bonchev–Trinajstić information content (AvgIpc) is 2.87. The molecular weight excluding hydrogens is 327 g/mol. The van der Waals surface area contributed by atoms with Crippen molar-refractivity contribution in [3.63, 3.8) is 0 Å². The van der Waals surface area contributed by atoms with Gasteiger partial charge >= 0.3 is 0 Å². The van der Waals surface area contributed by atoms with E-state index in [0.717, 1.165) is 19.6 Å². The summed E-state index contributed by atoms with van der Waals surface area (Å²) in [5.74, 6) is 0.611. The number of aromatic nitrogens is 2. The molecule has 1 aliphatic rings. The van der Waals surface area contributed by atoms with E-state index in [1.165, 1.54) is 12.1 Å². The van der Waals surface area contributed by atoms with Crippen LogP contribution in [-0.4, -0.2) is 41.7 Å². The van der Waals surface area contributed by atoms with Crippen molar-refractivity contribution in [2.75, 3.05) is 26.7 Å². The summed E-state index contributed by atoms with van der Waals surface area (Å²) in [4.78, 5) is 6.56. The molecule has 0 aliphatic carbocycles. The van der Waals surface area contributed by atoms with E-state index in [4.69, 9.17) is 4.52 Å². The predicted octanol–water partition coefficient (Wildman–Crippen LogP) is 2.21. The Hall–Kier alpha value is -1.31. The molecule has 2 heterocycles. The third-order valence-corrected chi connectivity index (χ3v) is 3.82. The summed E-state index contributed by atoms with van der Waals surface area (Å²) in [5.41, 5.74) is 0.571. The molecule has 1 aliphatic heterocycles. The number of hydrogen-bond donors (Lipinski definition) is 1. The standard InChI is InChI=1S/C13H14BrFN4O/c1-19-3-2-16-7-11(19)12-17-13(20-18-12)8-4-9(14)6-10(15)5-8/h4-6,11,16H,2-3,7H2,1H3. The van der Waals surface area contributed by atoms with Gasteiger partial charge in [-0.25, -0.2) is 4.39 Å². The molecule has 3 rings (SSSR count). The van der Waals surface area contributed by atoms with Crippen LogP contribution in [-0.2, 0) is 0 Å². The molecule has 1 atom stereocenters. The molecule has 1 aromatic heterocycles. The lowest BCUT2D eigenvalue weighted by atomic mass is 10.2. The first-order chi connectivity index (χ1) is 9.63. The molecule has 7 heteroatoms. The number of nitrogens with zero attached hydrogens (tertiary/aromatic N) is 3. The Bertz CT molecular complexity index is 598. The highest BCUT2D eigenvalue weighted by atomic mass is 79.9. The average molecular weight is 341 g/mol. The van der Waals surface area contributed by atoms with Crippen LogP contribution in [0.1, 0.15) is 11.9 Å². The summed E-state index contributed by atoms with van der Waals surface area (Å²) in [5, 5.41) is 7.32. The molecule has 1 unspecified atom stereocenters. The summed E-state index contributed by atoms with van der Waals surface area (Å²) in [6, 6.07) is 4.60. The van der Waals surface area contributed by atoms with Crippen LogP contribution in [0.2, 0.25) is 0 Å². The third kappa shape index (κ3) is 2.74. The van der Waals surface area contributed by atoms with Crippen molar-refractivity contribution in [3.8, 4) is 11.5 Å². The molecule has 1 saturated heterocycles. The molecule has 0 saturated carbocycles. The molecule has 1 aromatic carbocycles. The Balaban J connectivity index is 1.89. The number of rotatable bonds is 2. The molecule has 2 aromatic rings. The van der Waals surface area contributed by atoms with Gasteiger partial charge in [-0.05, 0) is 25.2 Å². The quantitative estimate of drug-likeness (QED) is 0.908. The maximum atomic E-state index is 13.4. The molecule has 0 amide bonds. The fourth-order valence-corrected chi connectivity index (χ4v) is 2.72. The zero-order valence-corrected chi connectivity index (χ0v) is 12.5. The Labute approximate surface area is 124 Å². The zero-order valence-electron chi connectivity index (χ0n) is 10.9. The van der Waals surface area contributed by atoms with Gasteiger partial charge in [0.1, 0.15) is 5.82 Å². The Morgan fingerprint density at radius 1 is 1.45 bits per heavy atom. The third-order valence-electron chi connectivity index (χ3n) is 3.36. The highest BCUT2D eigenvalue weighted by Crippen LogP contribution is 2.25. The maximum Gasteiger partial charge on any atom is 0.258 e. The molecule has 0 spiro atoms. The number of nitrogens with one attached hydrogen (secondary N) is 1. The van der Waals surface area contributed by atoms with E-state index in [9.17, 15) is 4.39 Å². The highest BCUT2D eigenvalue weighted by Gasteiger charge is 2.25. The van der Waals surface area contributed by atoms with Crippen LogP contribution >= 0.6 is 15.9 Å².